The van der Waals surface area contributed by atoms with E-state index in [1.165, 1.54) is 17.1 Å². The van der Waals surface area contributed by atoms with Crippen molar-refractivity contribution in [1.29, 1.82) is 0 Å². The molecule has 0 amide bonds. The van der Waals surface area contributed by atoms with Gasteiger partial charge in [0.2, 0.25) is 0 Å². The third kappa shape index (κ3) is 4.10. The van der Waals surface area contributed by atoms with Crippen molar-refractivity contribution < 1.29 is 18.3 Å². The van der Waals surface area contributed by atoms with Crippen LogP contribution in [0.25, 0.3) is 0 Å². The lowest BCUT2D eigenvalue weighted by Gasteiger charge is -2.16. The quantitative estimate of drug-likeness (QED) is 0.649. The summed E-state index contributed by atoms with van der Waals surface area (Å²) in [6, 6.07) is 6.58. The second-order valence-corrected chi connectivity index (χ2v) is 7.06. The van der Waals surface area contributed by atoms with E-state index in [9.17, 15) is 18.3 Å². The van der Waals surface area contributed by atoms with Crippen molar-refractivity contribution in [2.24, 2.45) is 4.99 Å². The largest absolute Gasteiger partial charge is 0.392 e. The molecular weight excluding hydrogens is 330 g/mol. The molecule has 118 valence electrons. The van der Waals surface area contributed by atoms with E-state index in [1.807, 2.05) is 0 Å². The summed E-state index contributed by atoms with van der Waals surface area (Å²) in [4.78, 5) is 3.85. The summed E-state index contributed by atoms with van der Waals surface area (Å²) in [5.74, 6) is 0.294. The fourth-order valence-corrected chi connectivity index (χ4v) is 2.57. The molecule has 2 N–H and O–H groups in total. The highest BCUT2D eigenvalue weighted by Gasteiger charge is 2.34. The minimum atomic E-state index is -3.19. The molecule has 3 atom stereocenters. The minimum absolute atomic E-state index is 0.105. The Morgan fingerprint density at radius 2 is 2.00 bits per heavy atom. The van der Waals surface area contributed by atoms with Crippen LogP contribution in [0.1, 0.15) is 12.0 Å². The van der Waals surface area contributed by atoms with Gasteiger partial charge in [-0.15, -0.1) is 9.24 Å². The van der Waals surface area contributed by atoms with Crippen LogP contribution in [-0.2, 0) is 5.31 Å². The first-order chi connectivity index (χ1) is 10.1. The van der Waals surface area contributed by atoms with Gasteiger partial charge in [-0.1, -0.05) is 21.4 Å². The molecule has 1 aliphatic rings. The first-order valence-corrected chi connectivity index (χ1v) is 7.69. The van der Waals surface area contributed by atoms with E-state index in [2.05, 4.69) is 19.5 Å². The van der Waals surface area contributed by atoms with Crippen molar-refractivity contribution >= 4 is 37.8 Å². The van der Waals surface area contributed by atoms with Gasteiger partial charge in [-0.05, 0) is 23.3 Å². The number of aliphatic hydroxyl groups is 1. The van der Waals surface area contributed by atoms with E-state index in [4.69, 9.17) is 0 Å². The summed E-state index contributed by atoms with van der Waals surface area (Å²) in [6.45, 7) is -0.484. The van der Waals surface area contributed by atoms with Crippen molar-refractivity contribution in [3.05, 3.63) is 41.1 Å². The highest BCUT2D eigenvalue weighted by atomic mass is 31.0. The van der Waals surface area contributed by atoms with Crippen molar-refractivity contribution in [2.75, 3.05) is 11.9 Å². The molecule has 22 heavy (non-hydrogen) atoms. The van der Waals surface area contributed by atoms with Gasteiger partial charge >= 0.3 is 0 Å². The number of amidine groups is 1. The van der Waals surface area contributed by atoms with Crippen LogP contribution in [0, 0.1) is 0 Å². The summed E-state index contributed by atoms with van der Waals surface area (Å²) in [7, 11) is 4.92. The number of anilines is 1. The fraction of sp³-hybridized carbons (Fsp3) is 0.308. The number of rotatable bonds is 4. The lowest BCUT2D eigenvalue weighted by Crippen LogP contribution is -2.13. The van der Waals surface area contributed by atoms with Gasteiger partial charge in [0.15, 0.2) is 7.85 Å². The molecule has 2 rings (SSSR count). The number of allylic oxidation sites excluding steroid dienone is 1. The number of nitrogens with one attached hydrogen (secondary N) is 1. The van der Waals surface area contributed by atoms with Gasteiger partial charge in [-0.2, -0.15) is 8.78 Å². The average molecular weight is 346 g/mol. The monoisotopic (exact) mass is 346 g/mol. The molecule has 1 aromatic rings. The lowest BCUT2D eigenvalue weighted by molar-refractivity contribution is 0.143. The normalized spacial score (nSPS) is 18.2. The number of nitrogens with zero attached hydrogens (tertiary/aromatic N) is 1. The molecule has 0 bridgehead atoms. The summed E-state index contributed by atoms with van der Waals surface area (Å²) in [5.41, 5.74) is -2.48. The SMILES string of the molecule is BC(F)(P)c1cccc(NC2=NC(C(F)(F)P)=C(CO)C2)c1. The van der Waals surface area contributed by atoms with E-state index in [0.29, 0.717) is 17.1 Å². The first kappa shape index (κ1) is 17.5. The van der Waals surface area contributed by atoms with Gasteiger partial charge in [0, 0.05) is 12.1 Å². The Labute approximate surface area is 132 Å². The molecule has 0 aromatic heterocycles. The molecule has 1 aliphatic heterocycles. The summed E-state index contributed by atoms with van der Waals surface area (Å²) < 4.78 is 40.7. The smallest absolute Gasteiger partial charge is 0.300 e. The Morgan fingerprint density at radius 3 is 2.50 bits per heavy atom. The van der Waals surface area contributed by atoms with E-state index in [0.717, 1.165) is 0 Å². The van der Waals surface area contributed by atoms with Gasteiger partial charge in [0.25, 0.3) is 5.66 Å². The number of hydrogen-bond donors (Lipinski definition) is 2. The van der Waals surface area contributed by atoms with Gasteiger partial charge < -0.3 is 10.4 Å². The summed E-state index contributed by atoms with van der Waals surface area (Å²) in [6.07, 6.45) is 0.105. The molecule has 1 aromatic carbocycles. The van der Waals surface area contributed by atoms with Gasteiger partial charge in [0.1, 0.15) is 16.8 Å². The Balaban J connectivity index is 2.20. The molecule has 0 radical (unpaired) electrons. The maximum absolute atomic E-state index is 13.9. The topological polar surface area (TPSA) is 44.6 Å². The Morgan fingerprint density at radius 1 is 1.32 bits per heavy atom. The second kappa shape index (κ2) is 6.31. The zero-order valence-corrected chi connectivity index (χ0v) is 14.2. The highest BCUT2D eigenvalue weighted by molar-refractivity contribution is 7.21. The van der Waals surface area contributed by atoms with E-state index in [1.54, 1.807) is 24.3 Å². The Kier molecular flexibility index (Phi) is 5.01. The van der Waals surface area contributed by atoms with Crippen LogP contribution in [0.3, 0.4) is 0 Å². The molecular formula is C13H16BF3N2OP2. The minimum Gasteiger partial charge on any atom is -0.392 e. The zero-order chi connectivity index (χ0) is 16.5. The number of aliphatic imine (C=N–C) groups is 1. The van der Waals surface area contributed by atoms with Gasteiger partial charge in [0.05, 0.1) is 6.61 Å². The van der Waals surface area contributed by atoms with Crippen LogP contribution in [-0.4, -0.2) is 31.1 Å². The van der Waals surface area contributed by atoms with E-state index < -0.39 is 23.3 Å². The van der Waals surface area contributed by atoms with Crippen molar-refractivity contribution in [3.8, 4) is 0 Å². The lowest BCUT2D eigenvalue weighted by atomic mass is 9.92. The standard InChI is InChI=1S/C13H16BF3N2OP2/c14-12(15,21)8-2-1-3-9(5-8)18-10-4-7(6-20)11(19-10)13(16,17)22/h1-3,5,20H,4,6,14,21-22H2,(H,18,19). The maximum atomic E-state index is 13.9. The number of hydrogen-bond acceptors (Lipinski definition) is 3. The van der Waals surface area contributed by atoms with Gasteiger partial charge in [-0.3, -0.25) is 0 Å². The van der Waals surface area contributed by atoms with Crippen LogP contribution < -0.4 is 5.32 Å². The third-order valence-corrected chi connectivity index (χ3v) is 3.79. The van der Waals surface area contributed by atoms with E-state index in [-0.39, 0.29) is 12.0 Å². The van der Waals surface area contributed by atoms with E-state index >= 15 is 0 Å². The molecule has 0 spiro atoms. The van der Waals surface area contributed by atoms with Crippen LogP contribution in [0.5, 0.6) is 0 Å². The fourth-order valence-electron chi connectivity index (χ4n) is 2.12. The second-order valence-electron chi connectivity index (χ2n) is 5.25. The number of benzene rings is 1. The van der Waals surface area contributed by atoms with Gasteiger partial charge in [-0.25, -0.2) is 9.38 Å². The third-order valence-electron chi connectivity index (χ3n) is 3.18. The van der Waals surface area contributed by atoms with Crippen LogP contribution in [0.4, 0.5) is 18.9 Å². The summed E-state index contributed by atoms with van der Waals surface area (Å²) in [5, 5.41) is 10.5. The predicted molar refractivity (Wildman–Crippen MR) is 91.9 cm³/mol. The molecule has 0 saturated heterocycles. The van der Waals surface area contributed by atoms with Crippen LogP contribution in [0.15, 0.2) is 40.5 Å². The summed E-state index contributed by atoms with van der Waals surface area (Å²) >= 11 is 0. The first-order valence-electron chi connectivity index (χ1n) is 6.54. The number of halogens is 3. The molecule has 9 heteroatoms. The molecule has 0 aliphatic carbocycles. The highest BCUT2D eigenvalue weighted by Crippen LogP contribution is 2.38. The predicted octanol–water partition coefficient (Wildman–Crippen LogP) is 2.20. The average Bonchev–Trinajstić information content (AvgIpc) is 2.81. The maximum Gasteiger partial charge on any atom is 0.300 e. The van der Waals surface area contributed by atoms with Crippen molar-refractivity contribution in [1.82, 2.24) is 0 Å². The Bertz CT molecular complexity index is 639. The molecule has 0 saturated carbocycles. The molecule has 1 heterocycles. The van der Waals surface area contributed by atoms with Crippen molar-refractivity contribution in [3.63, 3.8) is 0 Å². The van der Waals surface area contributed by atoms with Crippen LogP contribution >= 0.6 is 18.5 Å². The Hall–Kier alpha value is -0.895. The molecule has 3 nitrogen and oxygen atoms in total. The zero-order valence-electron chi connectivity index (χ0n) is 11.9. The number of aliphatic hydroxyl groups excluding tert-OH is 1. The molecule has 3 unspecified atom stereocenters. The van der Waals surface area contributed by atoms with Crippen molar-refractivity contribution in [2.45, 2.75) is 17.4 Å². The van der Waals surface area contributed by atoms with Crippen LogP contribution in [0.2, 0.25) is 0 Å². The molecule has 0 fully saturated rings. The number of alkyl halides is 3.